The van der Waals surface area contributed by atoms with Crippen LogP contribution in [0.25, 0.3) is 0 Å². The van der Waals surface area contributed by atoms with E-state index in [0.29, 0.717) is 16.7 Å². The molecule has 0 spiro atoms. The number of thiazole rings is 2. The van der Waals surface area contributed by atoms with Crippen LogP contribution in [0.3, 0.4) is 0 Å². The Morgan fingerprint density at radius 3 is 2.70 bits per heavy atom. The molecule has 0 bridgehead atoms. The zero-order valence-electron chi connectivity index (χ0n) is 13.0. The third-order valence-electron chi connectivity index (χ3n) is 3.78. The number of hydrogen-bond donors (Lipinski definition) is 1. The molecule has 0 atom stereocenters. The van der Waals surface area contributed by atoms with Crippen LogP contribution in [0.2, 0.25) is 0 Å². The second kappa shape index (κ2) is 6.76. The lowest BCUT2D eigenvalue weighted by Gasteiger charge is -2.30. The molecule has 0 saturated carbocycles. The summed E-state index contributed by atoms with van der Waals surface area (Å²) in [6, 6.07) is 0. The SMILES string of the molecule is CC(=O)Nc1nc(C(=O)N2CCC(c3ncc(C)s3)CC2)cs1. The second-order valence-electron chi connectivity index (χ2n) is 5.59. The highest BCUT2D eigenvalue weighted by atomic mass is 32.1. The molecule has 8 heteroatoms. The van der Waals surface area contributed by atoms with Gasteiger partial charge in [0.15, 0.2) is 5.13 Å². The van der Waals surface area contributed by atoms with Gasteiger partial charge in [0.05, 0.1) is 5.01 Å². The predicted molar refractivity (Wildman–Crippen MR) is 91.1 cm³/mol. The summed E-state index contributed by atoms with van der Waals surface area (Å²) >= 11 is 3.02. The third kappa shape index (κ3) is 3.76. The van der Waals surface area contributed by atoms with E-state index in [1.54, 1.807) is 16.7 Å². The van der Waals surface area contributed by atoms with Gasteiger partial charge in [0, 0.05) is 42.4 Å². The van der Waals surface area contributed by atoms with E-state index < -0.39 is 0 Å². The van der Waals surface area contributed by atoms with Crippen molar-refractivity contribution in [1.82, 2.24) is 14.9 Å². The molecule has 3 heterocycles. The van der Waals surface area contributed by atoms with Crippen LogP contribution in [-0.4, -0.2) is 39.8 Å². The average Bonchev–Trinajstić information content (AvgIpc) is 3.15. The molecule has 3 rings (SSSR count). The average molecular weight is 350 g/mol. The highest BCUT2D eigenvalue weighted by molar-refractivity contribution is 7.14. The van der Waals surface area contributed by atoms with Crippen LogP contribution >= 0.6 is 22.7 Å². The molecule has 1 aliphatic rings. The van der Waals surface area contributed by atoms with E-state index >= 15 is 0 Å². The van der Waals surface area contributed by atoms with Crippen molar-refractivity contribution in [1.29, 1.82) is 0 Å². The van der Waals surface area contributed by atoms with Gasteiger partial charge in [-0.25, -0.2) is 9.97 Å². The Morgan fingerprint density at radius 2 is 2.09 bits per heavy atom. The topological polar surface area (TPSA) is 75.2 Å². The molecule has 0 aliphatic carbocycles. The lowest BCUT2D eigenvalue weighted by molar-refractivity contribution is -0.114. The van der Waals surface area contributed by atoms with Gasteiger partial charge in [0.2, 0.25) is 5.91 Å². The van der Waals surface area contributed by atoms with E-state index in [1.807, 2.05) is 11.1 Å². The van der Waals surface area contributed by atoms with Gasteiger partial charge < -0.3 is 10.2 Å². The smallest absolute Gasteiger partial charge is 0.273 e. The second-order valence-corrected chi connectivity index (χ2v) is 7.72. The standard InChI is InChI=1S/C15H18N4O2S2/c1-9-7-16-13(23-9)11-3-5-19(6-4-11)14(21)12-8-22-15(18-12)17-10(2)20/h7-8,11H,3-6H2,1-2H3,(H,17,18,20). The Labute approximate surface area is 142 Å². The number of nitrogens with zero attached hydrogens (tertiary/aromatic N) is 3. The highest BCUT2D eigenvalue weighted by Crippen LogP contribution is 2.31. The molecule has 1 saturated heterocycles. The Bertz CT molecular complexity index is 717. The fourth-order valence-corrected chi connectivity index (χ4v) is 4.31. The van der Waals surface area contributed by atoms with E-state index in [1.165, 1.54) is 28.1 Å². The van der Waals surface area contributed by atoms with Gasteiger partial charge >= 0.3 is 0 Å². The van der Waals surface area contributed by atoms with Gasteiger partial charge in [0.25, 0.3) is 5.91 Å². The summed E-state index contributed by atoms with van der Waals surface area (Å²) in [4.78, 5) is 35.2. The van der Waals surface area contributed by atoms with Crippen LogP contribution < -0.4 is 5.32 Å². The predicted octanol–water partition coefficient (Wildman–Crippen LogP) is 2.89. The van der Waals surface area contributed by atoms with Crippen molar-refractivity contribution in [3.63, 3.8) is 0 Å². The monoisotopic (exact) mass is 350 g/mol. The van der Waals surface area contributed by atoms with Gasteiger partial charge in [-0.3, -0.25) is 9.59 Å². The van der Waals surface area contributed by atoms with E-state index in [9.17, 15) is 9.59 Å². The maximum Gasteiger partial charge on any atom is 0.273 e. The summed E-state index contributed by atoms with van der Waals surface area (Å²) in [5.74, 6) is 0.202. The van der Waals surface area contributed by atoms with Crippen molar-refractivity contribution in [3.05, 3.63) is 27.2 Å². The van der Waals surface area contributed by atoms with Gasteiger partial charge in [0.1, 0.15) is 5.69 Å². The van der Waals surface area contributed by atoms with E-state index in [0.717, 1.165) is 25.9 Å². The summed E-state index contributed by atoms with van der Waals surface area (Å²) in [7, 11) is 0. The summed E-state index contributed by atoms with van der Waals surface area (Å²) < 4.78 is 0. The zero-order valence-corrected chi connectivity index (χ0v) is 14.7. The summed E-state index contributed by atoms with van der Waals surface area (Å²) in [5.41, 5.74) is 0.405. The minimum Gasteiger partial charge on any atom is -0.337 e. The number of amides is 2. The first-order chi connectivity index (χ1) is 11.0. The molecule has 0 radical (unpaired) electrons. The number of aromatic nitrogens is 2. The maximum absolute atomic E-state index is 12.5. The van der Waals surface area contributed by atoms with Crippen molar-refractivity contribution >= 4 is 39.6 Å². The molecular formula is C15H18N4O2S2. The molecule has 0 aromatic carbocycles. The molecule has 0 unspecified atom stereocenters. The molecule has 23 heavy (non-hydrogen) atoms. The van der Waals surface area contributed by atoms with Crippen molar-refractivity contribution < 1.29 is 9.59 Å². The molecule has 2 aromatic rings. The third-order valence-corrected chi connectivity index (χ3v) is 5.61. The van der Waals surface area contributed by atoms with Crippen molar-refractivity contribution in [2.24, 2.45) is 0 Å². The minimum absolute atomic E-state index is 0.0633. The van der Waals surface area contributed by atoms with Gasteiger partial charge in [-0.05, 0) is 19.8 Å². The van der Waals surface area contributed by atoms with E-state index in [2.05, 4.69) is 22.2 Å². The Morgan fingerprint density at radius 1 is 1.35 bits per heavy atom. The number of hydrogen-bond acceptors (Lipinski definition) is 6. The zero-order chi connectivity index (χ0) is 16.4. The van der Waals surface area contributed by atoms with Crippen LogP contribution in [0.1, 0.15) is 46.1 Å². The van der Waals surface area contributed by atoms with Crippen LogP contribution in [-0.2, 0) is 4.79 Å². The molecule has 6 nitrogen and oxygen atoms in total. The quantitative estimate of drug-likeness (QED) is 0.923. The maximum atomic E-state index is 12.5. The number of carbonyl (C=O) groups is 2. The van der Waals surface area contributed by atoms with Crippen LogP contribution in [0, 0.1) is 6.92 Å². The minimum atomic E-state index is -0.182. The van der Waals surface area contributed by atoms with Crippen LogP contribution in [0.5, 0.6) is 0 Å². The van der Waals surface area contributed by atoms with Crippen molar-refractivity contribution in [2.45, 2.75) is 32.6 Å². The van der Waals surface area contributed by atoms with E-state index in [4.69, 9.17) is 0 Å². The number of piperidine rings is 1. The van der Waals surface area contributed by atoms with Crippen molar-refractivity contribution in [2.75, 3.05) is 18.4 Å². The number of carbonyl (C=O) groups excluding carboxylic acids is 2. The van der Waals surface area contributed by atoms with Crippen LogP contribution in [0.15, 0.2) is 11.6 Å². The van der Waals surface area contributed by atoms with Crippen molar-refractivity contribution in [3.8, 4) is 0 Å². The summed E-state index contributed by atoms with van der Waals surface area (Å²) in [5, 5.41) is 5.95. The van der Waals surface area contributed by atoms with Gasteiger partial charge in [-0.2, -0.15) is 0 Å². The first-order valence-electron chi connectivity index (χ1n) is 7.47. The lowest BCUT2D eigenvalue weighted by Crippen LogP contribution is -2.38. The van der Waals surface area contributed by atoms with Gasteiger partial charge in [-0.1, -0.05) is 0 Å². The Kier molecular flexibility index (Phi) is 4.72. The summed E-state index contributed by atoms with van der Waals surface area (Å²) in [6.07, 6.45) is 3.78. The molecule has 2 aromatic heterocycles. The molecule has 1 aliphatic heterocycles. The molecule has 1 fully saturated rings. The summed E-state index contributed by atoms with van der Waals surface area (Å²) in [6.45, 7) is 4.92. The first kappa shape index (κ1) is 16.1. The number of anilines is 1. The normalized spacial score (nSPS) is 15.7. The molecule has 2 amide bonds. The molecule has 122 valence electrons. The highest BCUT2D eigenvalue weighted by Gasteiger charge is 2.27. The molecular weight excluding hydrogens is 332 g/mol. The fourth-order valence-electron chi connectivity index (χ4n) is 2.63. The Hall–Kier alpha value is -1.80. The van der Waals surface area contributed by atoms with E-state index in [-0.39, 0.29) is 11.8 Å². The number of aryl methyl sites for hydroxylation is 1. The number of nitrogens with one attached hydrogen (secondary N) is 1. The Balaban J connectivity index is 1.59. The largest absolute Gasteiger partial charge is 0.337 e. The molecule has 1 N–H and O–H groups in total. The fraction of sp³-hybridized carbons (Fsp3) is 0.467. The number of rotatable bonds is 3. The number of likely N-dealkylation sites (tertiary alicyclic amines) is 1. The lowest BCUT2D eigenvalue weighted by atomic mass is 9.97. The van der Waals surface area contributed by atoms with Crippen LogP contribution in [0.4, 0.5) is 5.13 Å². The van der Waals surface area contributed by atoms with Gasteiger partial charge in [-0.15, -0.1) is 22.7 Å². The first-order valence-corrected chi connectivity index (χ1v) is 9.17.